The van der Waals surface area contributed by atoms with Crippen molar-refractivity contribution in [1.29, 1.82) is 0 Å². The van der Waals surface area contributed by atoms with Gasteiger partial charge >= 0.3 is 6.18 Å². The molecule has 1 aliphatic rings. The molecule has 4 nitrogen and oxygen atoms in total. The minimum Gasteiger partial charge on any atom is -0.365 e. The lowest BCUT2D eigenvalue weighted by molar-refractivity contribution is -0.149. The van der Waals surface area contributed by atoms with Crippen molar-refractivity contribution in [2.45, 2.75) is 31.8 Å². The number of carbonyl (C=O) groups is 1. The Morgan fingerprint density at radius 3 is 2.67 bits per heavy atom. The average Bonchev–Trinajstić information content (AvgIpc) is 2.79. The molecule has 3 aromatic carbocycles. The minimum atomic E-state index is -4.79. The fraction of sp³-hybridized carbons (Fsp3) is 0.320. The summed E-state index contributed by atoms with van der Waals surface area (Å²) in [4.78, 5) is 13.7. The van der Waals surface area contributed by atoms with Gasteiger partial charge in [-0.2, -0.15) is 13.2 Å². The standard InChI is InChI=1S/C25H24F4N2O2/c1-16(20-8-4-6-18-5-2-3-7-21(18)20)30-12-19-14-31(24(32)15-33-19)13-17-9-10-23(26)22(11-17)25(27,28)29/h2-11,16,19,30H,12-15H2,1H3/t16-,19?/m1/s1. The maximum atomic E-state index is 13.6. The van der Waals surface area contributed by atoms with Gasteiger partial charge < -0.3 is 15.0 Å². The second kappa shape index (κ2) is 9.49. The molecule has 0 saturated carbocycles. The van der Waals surface area contributed by atoms with Crippen molar-refractivity contribution in [3.05, 3.63) is 83.2 Å². The third-order valence-corrected chi connectivity index (χ3v) is 5.87. The highest BCUT2D eigenvalue weighted by molar-refractivity contribution is 5.86. The first kappa shape index (κ1) is 23.2. The predicted molar refractivity (Wildman–Crippen MR) is 117 cm³/mol. The van der Waals surface area contributed by atoms with Gasteiger partial charge in [0.1, 0.15) is 12.4 Å². The van der Waals surface area contributed by atoms with E-state index in [1.54, 1.807) is 0 Å². The Morgan fingerprint density at radius 1 is 1.12 bits per heavy atom. The van der Waals surface area contributed by atoms with E-state index in [9.17, 15) is 22.4 Å². The Bertz CT molecular complexity index is 1140. The second-order valence-corrected chi connectivity index (χ2v) is 8.22. The molecule has 0 aromatic heterocycles. The number of fused-ring (bicyclic) bond motifs is 1. The molecule has 0 aliphatic carbocycles. The number of benzene rings is 3. The number of halogens is 4. The van der Waals surface area contributed by atoms with E-state index in [-0.39, 0.29) is 43.3 Å². The smallest absolute Gasteiger partial charge is 0.365 e. The molecule has 0 bridgehead atoms. The summed E-state index contributed by atoms with van der Waals surface area (Å²) in [6.07, 6.45) is -5.11. The van der Waals surface area contributed by atoms with E-state index >= 15 is 0 Å². The summed E-state index contributed by atoms with van der Waals surface area (Å²) in [7, 11) is 0. The number of nitrogens with one attached hydrogen (secondary N) is 1. The van der Waals surface area contributed by atoms with Crippen LogP contribution in [0.25, 0.3) is 10.8 Å². The molecule has 3 aromatic rings. The van der Waals surface area contributed by atoms with Crippen molar-refractivity contribution >= 4 is 16.7 Å². The highest BCUT2D eigenvalue weighted by Gasteiger charge is 2.34. The number of amides is 1. The molecule has 1 saturated heterocycles. The van der Waals surface area contributed by atoms with Crippen LogP contribution in [0.5, 0.6) is 0 Å². The van der Waals surface area contributed by atoms with Gasteiger partial charge in [0.25, 0.3) is 0 Å². The molecule has 8 heteroatoms. The lowest BCUT2D eigenvalue weighted by Crippen LogP contribution is -2.49. The van der Waals surface area contributed by atoms with Crippen LogP contribution >= 0.6 is 0 Å². The number of alkyl halides is 3. The number of carbonyl (C=O) groups excluding carboxylic acids is 1. The summed E-state index contributed by atoms with van der Waals surface area (Å²) < 4.78 is 58.2. The van der Waals surface area contributed by atoms with E-state index < -0.39 is 17.6 Å². The number of ether oxygens (including phenoxy) is 1. The third kappa shape index (κ3) is 5.34. The maximum Gasteiger partial charge on any atom is 0.419 e. The SMILES string of the molecule is C[C@@H](NCC1CN(Cc2ccc(F)c(C(F)(F)F)c2)C(=O)CO1)c1cccc2ccccc12. The average molecular weight is 460 g/mol. The lowest BCUT2D eigenvalue weighted by Gasteiger charge is -2.33. The topological polar surface area (TPSA) is 41.6 Å². The van der Waals surface area contributed by atoms with E-state index in [1.165, 1.54) is 11.0 Å². The highest BCUT2D eigenvalue weighted by Crippen LogP contribution is 2.32. The second-order valence-electron chi connectivity index (χ2n) is 8.22. The fourth-order valence-electron chi connectivity index (χ4n) is 4.11. The molecule has 33 heavy (non-hydrogen) atoms. The van der Waals surface area contributed by atoms with E-state index in [4.69, 9.17) is 4.74 Å². The summed E-state index contributed by atoms with van der Waals surface area (Å²) >= 11 is 0. The summed E-state index contributed by atoms with van der Waals surface area (Å²) in [5.41, 5.74) is 0.0282. The van der Waals surface area contributed by atoms with Crippen molar-refractivity contribution in [2.75, 3.05) is 19.7 Å². The Morgan fingerprint density at radius 2 is 1.88 bits per heavy atom. The molecule has 0 spiro atoms. The summed E-state index contributed by atoms with van der Waals surface area (Å²) in [6, 6.07) is 17.1. The summed E-state index contributed by atoms with van der Waals surface area (Å²) in [5, 5.41) is 5.73. The largest absolute Gasteiger partial charge is 0.419 e. The molecule has 1 N–H and O–H groups in total. The molecule has 1 unspecified atom stereocenters. The van der Waals surface area contributed by atoms with Crippen LogP contribution in [0.1, 0.15) is 29.7 Å². The molecule has 4 rings (SSSR count). The molecular formula is C25H24F4N2O2. The van der Waals surface area contributed by atoms with E-state index in [0.717, 1.165) is 28.5 Å². The van der Waals surface area contributed by atoms with Gasteiger partial charge in [-0.1, -0.05) is 48.5 Å². The quantitative estimate of drug-likeness (QED) is 0.522. The Hall–Kier alpha value is -2.97. The molecule has 1 aliphatic heterocycles. The van der Waals surface area contributed by atoms with Crippen LogP contribution < -0.4 is 5.32 Å². The molecular weight excluding hydrogens is 436 g/mol. The molecule has 174 valence electrons. The minimum absolute atomic E-state index is 0.0252. The van der Waals surface area contributed by atoms with Gasteiger partial charge in [-0.05, 0) is 41.0 Å². The van der Waals surface area contributed by atoms with Gasteiger partial charge in [-0.25, -0.2) is 4.39 Å². The van der Waals surface area contributed by atoms with Crippen molar-refractivity contribution in [1.82, 2.24) is 10.2 Å². The van der Waals surface area contributed by atoms with Gasteiger partial charge in [0.05, 0.1) is 11.7 Å². The first-order chi connectivity index (χ1) is 15.7. The van der Waals surface area contributed by atoms with Crippen LogP contribution in [-0.2, 0) is 22.3 Å². The van der Waals surface area contributed by atoms with E-state index in [1.807, 2.05) is 25.1 Å². The fourth-order valence-corrected chi connectivity index (χ4v) is 4.11. The Kier molecular flexibility index (Phi) is 6.67. The molecule has 1 fully saturated rings. The number of hydrogen-bond acceptors (Lipinski definition) is 3. The maximum absolute atomic E-state index is 13.6. The van der Waals surface area contributed by atoms with Gasteiger partial charge in [0.15, 0.2) is 0 Å². The Labute approximate surface area is 189 Å². The number of hydrogen-bond donors (Lipinski definition) is 1. The van der Waals surface area contributed by atoms with E-state index in [0.29, 0.717) is 6.54 Å². The van der Waals surface area contributed by atoms with Crippen LogP contribution in [0.15, 0.2) is 60.7 Å². The molecule has 0 radical (unpaired) electrons. The molecule has 1 heterocycles. The normalized spacial score (nSPS) is 18.0. The van der Waals surface area contributed by atoms with Gasteiger partial charge in [0.2, 0.25) is 5.91 Å². The van der Waals surface area contributed by atoms with Crippen LogP contribution in [-0.4, -0.2) is 36.6 Å². The van der Waals surface area contributed by atoms with Crippen molar-refractivity contribution in [3.63, 3.8) is 0 Å². The van der Waals surface area contributed by atoms with E-state index in [2.05, 4.69) is 29.6 Å². The zero-order chi connectivity index (χ0) is 23.6. The van der Waals surface area contributed by atoms with Crippen LogP contribution in [0.2, 0.25) is 0 Å². The third-order valence-electron chi connectivity index (χ3n) is 5.87. The monoisotopic (exact) mass is 460 g/mol. The Balaban J connectivity index is 1.40. The van der Waals surface area contributed by atoms with Gasteiger partial charge in [0, 0.05) is 25.7 Å². The molecule has 1 amide bonds. The predicted octanol–water partition coefficient (Wildman–Crippen LogP) is 5.08. The zero-order valence-corrected chi connectivity index (χ0v) is 18.0. The summed E-state index contributed by atoms with van der Waals surface area (Å²) in [6.45, 7) is 2.55. The first-order valence-corrected chi connectivity index (χ1v) is 10.7. The first-order valence-electron chi connectivity index (χ1n) is 10.7. The van der Waals surface area contributed by atoms with Crippen LogP contribution in [0, 0.1) is 5.82 Å². The van der Waals surface area contributed by atoms with Gasteiger partial charge in [-0.3, -0.25) is 4.79 Å². The van der Waals surface area contributed by atoms with Crippen molar-refractivity contribution < 1.29 is 27.1 Å². The number of nitrogens with zero attached hydrogens (tertiary/aromatic N) is 1. The van der Waals surface area contributed by atoms with Crippen molar-refractivity contribution in [2.24, 2.45) is 0 Å². The van der Waals surface area contributed by atoms with Crippen LogP contribution in [0.3, 0.4) is 0 Å². The zero-order valence-electron chi connectivity index (χ0n) is 18.0. The molecule has 2 atom stereocenters. The van der Waals surface area contributed by atoms with Gasteiger partial charge in [-0.15, -0.1) is 0 Å². The highest BCUT2D eigenvalue weighted by atomic mass is 19.4. The number of morpholine rings is 1. The number of rotatable bonds is 6. The summed E-state index contributed by atoms with van der Waals surface area (Å²) in [5.74, 6) is -1.64. The van der Waals surface area contributed by atoms with Crippen LogP contribution in [0.4, 0.5) is 17.6 Å². The van der Waals surface area contributed by atoms with Crippen molar-refractivity contribution in [3.8, 4) is 0 Å². The lowest BCUT2D eigenvalue weighted by atomic mass is 9.99.